The predicted octanol–water partition coefficient (Wildman–Crippen LogP) is 2.34. The molecule has 0 saturated carbocycles. The quantitative estimate of drug-likeness (QED) is 0.849. The molecule has 1 aromatic heterocycles. The Hall–Kier alpha value is -0.840. The van der Waals surface area contributed by atoms with E-state index in [1.54, 1.807) is 13.0 Å². The van der Waals surface area contributed by atoms with E-state index in [0.717, 1.165) is 0 Å². The van der Waals surface area contributed by atoms with Crippen LogP contribution in [0.25, 0.3) is 0 Å². The number of amides is 1. The van der Waals surface area contributed by atoms with Crippen molar-refractivity contribution in [3.63, 3.8) is 0 Å². The molecule has 1 N–H and O–H groups in total. The van der Waals surface area contributed by atoms with Gasteiger partial charge in [0, 0.05) is 6.07 Å². The summed E-state index contributed by atoms with van der Waals surface area (Å²) in [5.41, 5.74) is 0. The number of hydrogen-bond donors (Lipinski definition) is 1. The van der Waals surface area contributed by atoms with Gasteiger partial charge >= 0.3 is 0 Å². The van der Waals surface area contributed by atoms with Crippen molar-refractivity contribution >= 4 is 27.7 Å². The van der Waals surface area contributed by atoms with E-state index >= 15 is 0 Å². The van der Waals surface area contributed by atoms with Crippen LogP contribution in [-0.4, -0.2) is 15.9 Å². The van der Waals surface area contributed by atoms with E-state index < -0.39 is 0 Å². The Bertz CT molecular complexity index is 322. The largest absolute Gasteiger partial charge is 0.360 e. The molecule has 0 aliphatic heterocycles. The highest BCUT2D eigenvalue weighted by atomic mass is 79.9. The first-order chi connectivity index (χ1) is 6.50. The lowest BCUT2D eigenvalue weighted by atomic mass is 10.1. The Morgan fingerprint density at radius 3 is 2.71 bits per heavy atom. The number of rotatable bonds is 3. The number of alkyl halides is 1. The molecule has 1 heterocycles. The maximum absolute atomic E-state index is 11.5. The molecule has 0 aromatic carbocycles. The van der Waals surface area contributed by atoms with Crippen LogP contribution in [0.3, 0.4) is 0 Å². The average Bonchev–Trinajstić information content (AvgIpc) is 2.49. The topological polar surface area (TPSA) is 55.1 Å². The number of aromatic nitrogens is 1. The van der Waals surface area contributed by atoms with Crippen molar-refractivity contribution < 1.29 is 9.32 Å². The Balaban J connectivity index is 2.57. The van der Waals surface area contributed by atoms with E-state index in [0.29, 0.717) is 11.6 Å². The number of hydrogen-bond acceptors (Lipinski definition) is 3. The zero-order valence-electron chi connectivity index (χ0n) is 8.37. The normalized spacial score (nSPS) is 12.9. The zero-order valence-corrected chi connectivity index (χ0v) is 9.96. The summed E-state index contributed by atoms with van der Waals surface area (Å²) in [5.74, 6) is 1.27. The molecule has 0 fully saturated rings. The maximum atomic E-state index is 11.5. The minimum Gasteiger partial charge on any atom is -0.360 e. The molecule has 0 aliphatic rings. The van der Waals surface area contributed by atoms with Crippen LogP contribution in [-0.2, 0) is 4.79 Å². The fourth-order valence-electron chi connectivity index (χ4n) is 0.923. The molecule has 1 atom stereocenters. The Morgan fingerprint density at radius 2 is 2.29 bits per heavy atom. The lowest BCUT2D eigenvalue weighted by Gasteiger charge is -2.11. The van der Waals surface area contributed by atoms with Gasteiger partial charge in [-0.1, -0.05) is 34.9 Å². The number of anilines is 1. The first-order valence-electron chi connectivity index (χ1n) is 4.39. The lowest BCUT2D eigenvalue weighted by Crippen LogP contribution is -2.27. The monoisotopic (exact) mass is 260 g/mol. The van der Waals surface area contributed by atoms with Crippen LogP contribution in [0.2, 0.25) is 0 Å². The summed E-state index contributed by atoms with van der Waals surface area (Å²) in [6, 6.07) is 1.68. The second kappa shape index (κ2) is 4.59. The molecule has 0 bridgehead atoms. The molecule has 1 amide bonds. The van der Waals surface area contributed by atoms with Crippen LogP contribution in [0, 0.1) is 12.8 Å². The molecule has 78 valence electrons. The molecule has 0 spiro atoms. The Labute approximate surface area is 91.2 Å². The molecular weight excluding hydrogens is 248 g/mol. The molecule has 0 unspecified atom stereocenters. The van der Waals surface area contributed by atoms with Crippen LogP contribution >= 0.6 is 15.9 Å². The third kappa shape index (κ3) is 2.83. The van der Waals surface area contributed by atoms with E-state index in [-0.39, 0.29) is 16.7 Å². The van der Waals surface area contributed by atoms with Crippen LogP contribution < -0.4 is 5.32 Å². The van der Waals surface area contributed by atoms with E-state index in [1.165, 1.54) is 0 Å². The van der Waals surface area contributed by atoms with Gasteiger partial charge in [0.25, 0.3) is 0 Å². The summed E-state index contributed by atoms with van der Waals surface area (Å²) in [6.07, 6.45) is 0. The lowest BCUT2D eigenvalue weighted by molar-refractivity contribution is -0.116. The molecule has 1 rings (SSSR count). The van der Waals surface area contributed by atoms with Gasteiger partial charge in [0.2, 0.25) is 5.91 Å². The SMILES string of the molecule is Cc1cc(NC(=O)[C@H](Br)C(C)C)no1. The molecule has 0 radical (unpaired) electrons. The van der Waals surface area contributed by atoms with Crippen molar-refractivity contribution in [2.45, 2.75) is 25.6 Å². The number of nitrogens with one attached hydrogen (secondary N) is 1. The predicted molar refractivity (Wildman–Crippen MR) is 57.4 cm³/mol. The third-order valence-electron chi connectivity index (χ3n) is 1.72. The van der Waals surface area contributed by atoms with Gasteiger partial charge in [-0.15, -0.1) is 0 Å². The smallest absolute Gasteiger partial charge is 0.239 e. The Kier molecular flexibility index (Phi) is 3.69. The highest BCUT2D eigenvalue weighted by molar-refractivity contribution is 9.10. The van der Waals surface area contributed by atoms with E-state index in [9.17, 15) is 4.79 Å². The summed E-state index contributed by atoms with van der Waals surface area (Å²) in [5, 5.41) is 6.32. The highest BCUT2D eigenvalue weighted by Crippen LogP contribution is 2.15. The van der Waals surface area contributed by atoms with Crippen molar-refractivity contribution in [3.8, 4) is 0 Å². The van der Waals surface area contributed by atoms with Gasteiger partial charge in [-0.3, -0.25) is 4.79 Å². The number of nitrogens with zero attached hydrogens (tertiary/aromatic N) is 1. The molecule has 4 nitrogen and oxygen atoms in total. The number of halogens is 1. The number of carbonyl (C=O) groups is 1. The average molecular weight is 261 g/mol. The first kappa shape index (κ1) is 11.2. The molecule has 0 aliphatic carbocycles. The molecule has 14 heavy (non-hydrogen) atoms. The van der Waals surface area contributed by atoms with Crippen LogP contribution in [0.4, 0.5) is 5.82 Å². The second-order valence-electron chi connectivity index (χ2n) is 3.46. The van der Waals surface area contributed by atoms with Gasteiger partial charge in [0.05, 0.1) is 4.83 Å². The maximum Gasteiger partial charge on any atom is 0.239 e. The summed E-state index contributed by atoms with van der Waals surface area (Å²) in [6.45, 7) is 5.71. The van der Waals surface area contributed by atoms with Gasteiger partial charge in [0.1, 0.15) is 5.76 Å². The van der Waals surface area contributed by atoms with Gasteiger partial charge < -0.3 is 9.84 Å². The molecule has 5 heteroatoms. The first-order valence-corrected chi connectivity index (χ1v) is 5.30. The summed E-state index contributed by atoms with van der Waals surface area (Å²) in [4.78, 5) is 11.3. The second-order valence-corrected chi connectivity index (χ2v) is 4.44. The summed E-state index contributed by atoms with van der Waals surface area (Å²) >= 11 is 3.30. The van der Waals surface area contributed by atoms with Crippen molar-refractivity contribution in [2.75, 3.05) is 5.32 Å². The van der Waals surface area contributed by atoms with Crippen molar-refractivity contribution in [3.05, 3.63) is 11.8 Å². The van der Waals surface area contributed by atoms with Gasteiger partial charge in [0.15, 0.2) is 5.82 Å². The summed E-state index contributed by atoms with van der Waals surface area (Å²) in [7, 11) is 0. The van der Waals surface area contributed by atoms with Crippen molar-refractivity contribution in [1.29, 1.82) is 0 Å². The van der Waals surface area contributed by atoms with E-state index in [4.69, 9.17) is 4.52 Å². The van der Waals surface area contributed by atoms with Gasteiger partial charge in [-0.25, -0.2) is 0 Å². The molecule has 0 saturated heterocycles. The van der Waals surface area contributed by atoms with Gasteiger partial charge in [-0.2, -0.15) is 0 Å². The van der Waals surface area contributed by atoms with Crippen LogP contribution in [0.15, 0.2) is 10.6 Å². The minimum absolute atomic E-state index is 0.103. The number of aryl methyl sites for hydroxylation is 1. The fourth-order valence-corrected chi connectivity index (χ4v) is 1.04. The van der Waals surface area contributed by atoms with Crippen molar-refractivity contribution in [2.24, 2.45) is 5.92 Å². The van der Waals surface area contributed by atoms with Crippen LogP contribution in [0.1, 0.15) is 19.6 Å². The van der Waals surface area contributed by atoms with Gasteiger partial charge in [-0.05, 0) is 12.8 Å². The summed E-state index contributed by atoms with van der Waals surface area (Å²) < 4.78 is 4.83. The highest BCUT2D eigenvalue weighted by Gasteiger charge is 2.19. The molecular formula is C9H13BrN2O2. The van der Waals surface area contributed by atoms with E-state index in [2.05, 4.69) is 26.4 Å². The van der Waals surface area contributed by atoms with E-state index in [1.807, 2.05) is 13.8 Å². The standard InChI is InChI=1S/C9H13BrN2O2/c1-5(2)8(10)9(13)11-7-4-6(3)14-12-7/h4-5,8H,1-3H3,(H,11,12,13)/t8-/m1/s1. The van der Waals surface area contributed by atoms with Crippen molar-refractivity contribution in [1.82, 2.24) is 5.16 Å². The fraction of sp³-hybridized carbons (Fsp3) is 0.556. The zero-order chi connectivity index (χ0) is 10.7. The van der Waals surface area contributed by atoms with Crippen LogP contribution in [0.5, 0.6) is 0 Å². The minimum atomic E-state index is -0.209. The molecule has 1 aromatic rings. The Morgan fingerprint density at radius 1 is 1.64 bits per heavy atom. The third-order valence-corrected chi connectivity index (χ3v) is 3.19. The number of carbonyl (C=O) groups excluding carboxylic acids is 1.